The van der Waals surface area contributed by atoms with Crippen LogP contribution in [0.3, 0.4) is 0 Å². The summed E-state index contributed by atoms with van der Waals surface area (Å²) in [4.78, 5) is 12.8. The minimum atomic E-state index is -0.214. The summed E-state index contributed by atoms with van der Waals surface area (Å²) in [6.07, 6.45) is 2.71. The number of aromatic nitrogens is 2. The van der Waals surface area contributed by atoms with Crippen molar-refractivity contribution in [1.29, 1.82) is 0 Å². The highest BCUT2D eigenvalue weighted by atomic mass is 32.1. The number of nitrogens with zero attached hydrogens (tertiary/aromatic N) is 2. The molecule has 0 fully saturated rings. The molecule has 0 aliphatic carbocycles. The highest BCUT2D eigenvalue weighted by Gasteiger charge is 2.06. The third kappa shape index (κ3) is 3.73. The lowest BCUT2D eigenvalue weighted by Gasteiger charge is -2.11. The lowest BCUT2D eigenvalue weighted by molar-refractivity contribution is 0.629. The zero-order valence-corrected chi connectivity index (χ0v) is 14.5. The first-order valence-corrected chi connectivity index (χ1v) is 8.64. The summed E-state index contributed by atoms with van der Waals surface area (Å²) in [7, 11) is 1.75. The fourth-order valence-electron chi connectivity index (χ4n) is 2.55. The molecule has 0 amide bonds. The molecule has 0 saturated carbocycles. The lowest BCUT2D eigenvalue weighted by Crippen LogP contribution is -2.37. The van der Waals surface area contributed by atoms with Crippen LogP contribution in [0.4, 0.5) is 4.39 Å². The molecule has 0 bridgehead atoms. The third-order valence-corrected chi connectivity index (χ3v) is 4.84. The van der Waals surface area contributed by atoms with E-state index in [2.05, 4.69) is 25.6 Å². The minimum absolute atomic E-state index is 0.214. The molecular formula is C17H20FN5S. The van der Waals surface area contributed by atoms with Crippen LogP contribution in [0.5, 0.6) is 0 Å². The van der Waals surface area contributed by atoms with E-state index in [9.17, 15) is 4.39 Å². The Hall–Kier alpha value is -2.41. The molecular weight excluding hydrogens is 325 g/mol. The smallest absolute Gasteiger partial charge is 0.191 e. The third-order valence-electron chi connectivity index (χ3n) is 3.90. The van der Waals surface area contributed by atoms with Crippen LogP contribution >= 0.6 is 11.3 Å². The predicted octanol–water partition coefficient (Wildman–Crippen LogP) is 2.98. The number of benzene rings is 1. The number of aromatic amines is 1. The Labute approximate surface area is 144 Å². The maximum Gasteiger partial charge on any atom is 0.191 e. The molecule has 3 N–H and O–H groups in total. The first kappa shape index (κ1) is 16.4. The summed E-state index contributed by atoms with van der Waals surface area (Å²) < 4.78 is 13.4. The Morgan fingerprint density at radius 3 is 3.00 bits per heavy atom. The van der Waals surface area contributed by atoms with Crippen LogP contribution in [0.1, 0.15) is 16.1 Å². The van der Waals surface area contributed by atoms with Crippen molar-refractivity contribution in [1.82, 2.24) is 20.6 Å². The van der Waals surface area contributed by atoms with Gasteiger partial charge in [0.2, 0.25) is 0 Å². The average Bonchev–Trinajstić information content (AvgIpc) is 3.17. The van der Waals surface area contributed by atoms with Crippen molar-refractivity contribution < 1.29 is 4.39 Å². The Bertz CT molecular complexity index is 852. The van der Waals surface area contributed by atoms with E-state index in [1.807, 2.05) is 18.6 Å². The molecule has 0 radical (unpaired) electrons. The van der Waals surface area contributed by atoms with E-state index in [0.717, 1.165) is 34.5 Å². The largest absolute Gasteiger partial charge is 0.361 e. The first-order valence-electron chi connectivity index (χ1n) is 7.76. The Morgan fingerprint density at radius 2 is 2.25 bits per heavy atom. The molecule has 1 aromatic carbocycles. The molecule has 5 nitrogen and oxygen atoms in total. The van der Waals surface area contributed by atoms with E-state index in [1.54, 1.807) is 30.5 Å². The van der Waals surface area contributed by atoms with Gasteiger partial charge in [-0.25, -0.2) is 9.37 Å². The van der Waals surface area contributed by atoms with Crippen molar-refractivity contribution in [2.45, 2.75) is 19.9 Å². The van der Waals surface area contributed by atoms with Crippen molar-refractivity contribution in [3.05, 3.63) is 51.9 Å². The number of guanidine groups is 1. The van der Waals surface area contributed by atoms with Crippen molar-refractivity contribution in [3.8, 4) is 0 Å². The van der Waals surface area contributed by atoms with Crippen molar-refractivity contribution in [2.75, 3.05) is 13.6 Å². The summed E-state index contributed by atoms with van der Waals surface area (Å²) >= 11 is 1.63. The highest BCUT2D eigenvalue weighted by Crippen LogP contribution is 2.19. The second-order valence-corrected chi connectivity index (χ2v) is 6.41. The number of fused-ring (bicyclic) bond motifs is 1. The van der Waals surface area contributed by atoms with E-state index >= 15 is 0 Å². The molecule has 2 aromatic heterocycles. The van der Waals surface area contributed by atoms with Gasteiger partial charge in [-0.3, -0.25) is 4.99 Å². The molecule has 24 heavy (non-hydrogen) atoms. The summed E-state index contributed by atoms with van der Waals surface area (Å²) in [5, 5.41) is 7.50. The highest BCUT2D eigenvalue weighted by molar-refractivity contribution is 7.09. The van der Waals surface area contributed by atoms with Crippen LogP contribution in [0, 0.1) is 12.7 Å². The van der Waals surface area contributed by atoms with Gasteiger partial charge in [-0.05, 0) is 37.1 Å². The molecule has 0 unspecified atom stereocenters. The second kappa shape index (κ2) is 7.44. The molecule has 3 rings (SSSR count). The van der Waals surface area contributed by atoms with Gasteiger partial charge in [0.15, 0.2) is 5.96 Å². The van der Waals surface area contributed by atoms with Crippen molar-refractivity contribution in [3.63, 3.8) is 0 Å². The van der Waals surface area contributed by atoms with Crippen LogP contribution in [-0.4, -0.2) is 29.5 Å². The number of nitrogens with one attached hydrogen (secondary N) is 3. The zero-order chi connectivity index (χ0) is 16.9. The second-order valence-electron chi connectivity index (χ2n) is 5.47. The topological polar surface area (TPSA) is 65.1 Å². The number of aryl methyl sites for hydroxylation is 1. The number of aliphatic imine (C=N–C) groups is 1. The molecule has 0 saturated heterocycles. The summed E-state index contributed by atoms with van der Waals surface area (Å²) in [5.41, 5.74) is 4.93. The van der Waals surface area contributed by atoms with Crippen molar-refractivity contribution >= 4 is 28.2 Å². The van der Waals surface area contributed by atoms with E-state index < -0.39 is 0 Å². The maximum atomic E-state index is 13.4. The molecule has 2 heterocycles. The maximum absolute atomic E-state index is 13.4. The monoisotopic (exact) mass is 345 g/mol. The van der Waals surface area contributed by atoms with E-state index in [-0.39, 0.29) is 5.82 Å². The number of halogens is 1. The van der Waals surface area contributed by atoms with Gasteiger partial charge in [-0.1, -0.05) is 0 Å². The van der Waals surface area contributed by atoms with Gasteiger partial charge in [0.05, 0.1) is 17.7 Å². The molecule has 7 heteroatoms. The standard InChI is InChI=1S/C17H20FN5S/c1-11-16(24-10-23-11)9-22-17(19-2)20-6-5-12-8-21-15-4-3-13(18)7-14(12)15/h3-4,7-8,10,21H,5-6,9H2,1-2H3,(H2,19,20,22). The zero-order valence-electron chi connectivity index (χ0n) is 13.7. The first-order chi connectivity index (χ1) is 11.7. The Morgan fingerprint density at radius 1 is 1.38 bits per heavy atom. The van der Waals surface area contributed by atoms with Crippen LogP contribution in [0.15, 0.2) is 34.9 Å². The normalized spacial score (nSPS) is 11.9. The predicted molar refractivity (Wildman–Crippen MR) is 97.0 cm³/mol. The number of hydrogen-bond acceptors (Lipinski definition) is 3. The van der Waals surface area contributed by atoms with Gasteiger partial charge in [-0.15, -0.1) is 11.3 Å². The fraction of sp³-hybridized carbons (Fsp3) is 0.294. The van der Waals surface area contributed by atoms with E-state index in [0.29, 0.717) is 13.1 Å². The molecule has 0 spiro atoms. The summed E-state index contributed by atoms with van der Waals surface area (Å²) in [5.74, 6) is 0.530. The molecule has 126 valence electrons. The molecule has 0 atom stereocenters. The van der Waals surface area contributed by atoms with Crippen LogP contribution in [0.25, 0.3) is 10.9 Å². The van der Waals surface area contributed by atoms with Crippen LogP contribution in [-0.2, 0) is 13.0 Å². The van der Waals surface area contributed by atoms with Gasteiger partial charge < -0.3 is 15.6 Å². The molecule has 0 aliphatic heterocycles. The van der Waals surface area contributed by atoms with E-state index in [4.69, 9.17) is 0 Å². The SMILES string of the molecule is CN=C(NCCc1c[nH]c2ccc(F)cc12)NCc1scnc1C. The van der Waals surface area contributed by atoms with Gasteiger partial charge >= 0.3 is 0 Å². The van der Waals surface area contributed by atoms with Gasteiger partial charge in [-0.2, -0.15) is 0 Å². The summed E-state index contributed by atoms with van der Waals surface area (Å²) in [6, 6.07) is 4.80. The van der Waals surface area contributed by atoms with Gasteiger partial charge in [0.1, 0.15) is 5.82 Å². The van der Waals surface area contributed by atoms with Gasteiger partial charge in [0.25, 0.3) is 0 Å². The van der Waals surface area contributed by atoms with Gasteiger partial charge in [0, 0.05) is 35.6 Å². The Kier molecular flexibility index (Phi) is 5.10. The molecule has 3 aromatic rings. The van der Waals surface area contributed by atoms with Crippen LogP contribution in [0.2, 0.25) is 0 Å². The average molecular weight is 345 g/mol. The number of hydrogen-bond donors (Lipinski definition) is 3. The quantitative estimate of drug-likeness (QED) is 0.492. The summed E-state index contributed by atoms with van der Waals surface area (Å²) in [6.45, 7) is 3.42. The van der Waals surface area contributed by atoms with E-state index in [1.165, 1.54) is 10.9 Å². The molecule has 0 aliphatic rings. The Balaban J connectivity index is 1.54. The minimum Gasteiger partial charge on any atom is -0.361 e. The number of thiazole rings is 1. The lowest BCUT2D eigenvalue weighted by atomic mass is 10.1. The van der Waals surface area contributed by atoms with Crippen molar-refractivity contribution in [2.24, 2.45) is 4.99 Å². The number of H-pyrrole nitrogens is 1. The fourth-order valence-corrected chi connectivity index (χ4v) is 3.27. The van der Waals surface area contributed by atoms with Crippen LogP contribution < -0.4 is 10.6 Å². The number of rotatable bonds is 5.